The van der Waals surface area contributed by atoms with E-state index in [2.05, 4.69) is 5.32 Å². The number of piperazine rings is 1. The predicted octanol–water partition coefficient (Wildman–Crippen LogP) is -0.406. The van der Waals surface area contributed by atoms with Gasteiger partial charge in [-0.25, -0.2) is 8.42 Å². The average Bonchev–Trinajstić information content (AvgIpc) is 2.52. The summed E-state index contributed by atoms with van der Waals surface area (Å²) >= 11 is 0. The Labute approximate surface area is 141 Å². The van der Waals surface area contributed by atoms with E-state index in [-0.39, 0.29) is 22.6 Å². The first-order valence-electron chi connectivity index (χ1n) is 7.95. The van der Waals surface area contributed by atoms with E-state index >= 15 is 0 Å². The molecule has 0 unspecified atom stereocenters. The molecule has 8 heteroatoms. The van der Waals surface area contributed by atoms with Crippen LogP contribution in [0.3, 0.4) is 0 Å². The number of amides is 2. The van der Waals surface area contributed by atoms with E-state index in [0.717, 1.165) is 19.3 Å². The van der Waals surface area contributed by atoms with Crippen LogP contribution < -0.4 is 5.32 Å². The molecule has 0 saturated carbocycles. The van der Waals surface area contributed by atoms with Crippen molar-refractivity contribution >= 4 is 21.7 Å². The van der Waals surface area contributed by atoms with Crippen LogP contribution in [0, 0.1) is 5.92 Å². The third-order valence-electron chi connectivity index (χ3n) is 4.52. The molecular weight excluding hydrogens is 330 g/mol. The second-order valence-corrected chi connectivity index (χ2v) is 8.29. The Morgan fingerprint density at radius 3 is 2.25 bits per heavy atom. The van der Waals surface area contributed by atoms with Crippen LogP contribution in [0.25, 0.3) is 0 Å². The summed E-state index contributed by atoms with van der Waals surface area (Å²) in [5, 5.41) is 3.09. The Bertz CT molecular complexity index is 750. The highest BCUT2D eigenvalue weighted by Gasteiger charge is 2.32. The van der Waals surface area contributed by atoms with Crippen LogP contribution >= 0.6 is 0 Å². The van der Waals surface area contributed by atoms with Crippen molar-refractivity contribution in [3.05, 3.63) is 29.8 Å². The van der Waals surface area contributed by atoms with E-state index in [9.17, 15) is 18.0 Å². The van der Waals surface area contributed by atoms with Crippen LogP contribution in [0.4, 0.5) is 0 Å². The first-order valence-corrected chi connectivity index (χ1v) is 9.84. The lowest BCUT2D eigenvalue weighted by Crippen LogP contribution is -2.57. The molecule has 0 radical (unpaired) electrons. The molecule has 0 aromatic heterocycles. The quantitative estimate of drug-likeness (QED) is 0.800. The second-order valence-electron chi connectivity index (χ2n) is 6.27. The van der Waals surface area contributed by atoms with Crippen molar-refractivity contribution in [1.29, 1.82) is 0 Å². The van der Waals surface area contributed by atoms with E-state index in [1.165, 1.54) is 12.1 Å². The fourth-order valence-corrected chi connectivity index (χ4v) is 3.56. The molecular formula is C16H21N3O4S. The average molecular weight is 351 g/mol. The second kappa shape index (κ2) is 6.52. The zero-order chi connectivity index (χ0) is 17.3. The van der Waals surface area contributed by atoms with Crippen LogP contribution in [-0.4, -0.2) is 75.6 Å². The van der Waals surface area contributed by atoms with Crippen LogP contribution in [-0.2, 0) is 14.6 Å². The number of carbonyl (C=O) groups excluding carboxylic acids is 2. The zero-order valence-corrected chi connectivity index (χ0v) is 14.4. The molecule has 7 nitrogen and oxygen atoms in total. The summed E-state index contributed by atoms with van der Waals surface area (Å²) in [7, 11) is -3.35. The molecule has 1 aromatic rings. The third-order valence-corrected chi connectivity index (χ3v) is 5.63. The number of rotatable bonds is 3. The van der Waals surface area contributed by atoms with Gasteiger partial charge in [-0.2, -0.15) is 0 Å². The summed E-state index contributed by atoms with van der Waals surface area (Å²) in [5.41, 5.74) is 0.362. The van der Waals surface area contributed by atoms with Crippen LogP contribution in [0.5, 0.6) is 0 Å². The van der Waals surface area contributed by atoms with Gasteiger partial charge in [0.05, 0.1) is 10.8 Å². The van der Waals surface area contributed by atoms with E-state index in [1.807, 2.05) is 4.90 Å². The van der Waals surface area contributed by atoms with Gasteiger partial charge in [0, 0.05) is 51.1 Å². The molecule has 24 heavy (non-hydrogen) atoms. The first-order chi connectivity index (χ1) is 11.4. The lowest BCUT2D eigenvalue weighted by atomic mass is 10.0. The SMILES string of the molecule is CS(=O)(=O)c1cccc(C(=O)N2CCN(C(=O)C3CNC3)CC2)c1. The molecule has 130 valence electrons. The van der Waals surface area contributed by atoms with Gasteiger partial charge < -0.3 is 15.1 Å². The summed E-state index contributed by atoms with van der Waals surface area (Å²) in [4.78, 5) is 28.4. The first kappa shape index (κ1) is 16.9. The molecule has 0 bridgehead atoms. The molecule has 0 spiro atoms. The fraction of sp³-hybridized carbons (Fsp3) is 0.500. The number of carbonyl (C=O) groups is 2. The molecule has 3 rings (SSSR count). The molecule has 1 N–H and O–H groups in total. The van der Waals surface area contributed by atoms with Gasteiger partial charge in [-0.15, -0.1) is 0 Å². The van der Waals surface area contributed by atoms with E-state index in [0.29, 0.717) is 31.7 Å². The maximum atomic E-state index is 12.6. The van der Waals surface area contributed by atoms with Crippen LogP contribution in [0.1, 0.15) is 10.4 Å². The predicted molar refractivity (Wildman–Crippen MR) is 88.4 cm³/mol. The molecule has 2 saturated heterocycles. The van der Waals surface area contributed by atoms with Gasteiger partial charge in [-0.3, -0.25) is 9.59 Å². The molecule has 0 aliphatic carbocycles. The lowest BCUT2D eigenvalue weighted by Gasteiger charge is -2.38. The van der Waals surface area contributed by atoms with E-state index in [4.69, 9.17) is 0 Å². The van der Waals surface area contributed by atoms with Gasteiger partial charge in [-0.1, -0.05) is 6.07 Å². The largest absolute Gasteiger partial charge is 0.339 e. The molecule has 2 amide bonds. The summed E-state index contributed by atoms with van der Waals surface area (Å²) in [6, 6.07) is 6.09. The monoisotopic (exact) mass is 351 g/mol. The van der Waals surface area contributed by atoms with Gasteiger partial charge >= 0.3 is 0 Å². The Kier molecular flexibility index (Phi) is 4.60. The molecule has 0 atom stereocenters. The minimum atomic E-state index is -3.35. The van der Waals surface area contributed by atoms with Crippen molar-refractivity contribution in [3.8, 4) is 0 Å². The maximum absolute atomic E-state index is 12.6. The highest BCUT2D eigenvalue weighted by atomic mass is 32.2. The minimum Gasteiger partial charge on any atom is -0.339 e. The lowest BCUT2D eigenvalue weighted by molar-refractivity contribution is -0.138. The van der Waals surface area contributed by atoms with Crippen molar-refractivity contribution in [3.63, 3.8) is 0 Å². The summed E-state index contributed by atoms with van der Waals surface area (Å²) in [6.45, 7) is 3.44. The van der Waals surface area contributed by atoms with E-state index < -0.39 is 9.84 Å². The number of nitrogens with zero attached hydrogens (tertiary/aromatic N) is 2. The van der Waals surface area contributed by atoms with Crippen molar-refractivity contribution in [2.24, 2.45) is 5.92 Å². The Morgan fingerprint density at radius 1 is 1.08 bits per heavy atom. The van der Waals surface area contributed by atoms with Crippen molar-refractivity contribution in [1.82, 2.24) is 15.1 Å². The maximum Gasteiger partial charge on any atom is 0.254 e. The number of hydrogen-bond acceptors (Lipinski definition) is 5. The number of hydrogen-bond donors (Lipinski definition) is 1. The molecule has 2 aliphatic heterocycles. The smallest absolute Gasteiger partial charge is 0.254 e. The summed E-state index contributed by atoms with van der Waals surface area (Å²) in [5.74, 6) is 0.0246. The third kappa shape index (κ3) is 3.44. The topological polar surface area (TPSA) is 86.8 Å². The highest BCUT2D eigenvalue weighted by molar-refractivity contribution is 7.90. The normalized spacial score (nSPS) is 19.0. The van der Waals surface area contributed by atoms with Crippen molar-refractivity contribution in [2.75, 3.05) is 45.5 Å². The van der Waals surface area contributed by atoms with Crippen LogP contribution in [0.2, 0.25) is 0 Å². The van der Waals surface area contributed by atoms with Crippen molar-refractivity contribution in [2.45, 2.75) is 4.90 Å². The molecule has 1 aromatic carbocycles. The Morgan fingerprint density at radius 2 is 1.71 bits per heavy atom. The number of sulfone groups is 1. The van der Waals surface area contributed by atoms with Gasteiger partial charge in [0.1, 0.15) is 0 Å². The highest BCUT2D eigenvalue weighted by Crippen LogP contribution is 2.16. The summed E-state index contributed by atoms with van der Waals surface area (Å²) in [6.07, 6.45) is 1.12. The van der Waals surface area contributed by atoms with Crippen molar-refractivity contribution < 1.29 is 18.0 Å². The summed E-state index contributed by atoms with van der Waals surface area (Å²) < 4.78 is 23.3. The fourth-order valence-electron chi connectivity index (χ4n) is 2.89. The Hall–Kier alpha value is -1.93. The van der Waals surface area contributed by atoms with Crippen LogP contribution in [0.15, 0.2) is 29.2 Å². The van der Waals surface area contributed by atoms with Gasteiger partial charge in [0.15, 0.2) is 9.84 Å². The van der Waals surface area contributed by atoms with Gasteiger partial charge in [0.2, 0.25) is 5.91 Å². The molecule has 2 heterocycles. The van der Waals surface area contributed by atoms with Gasteiger partial charge in [-0.05, 0) is 18.2 Å². The molecule has 2 fully saturated rings. The zero-order valence-electron chi connectivity index (χ0n) is 13.6. The molecule has 2 aliphatic rings. The van der Waals surface area contributed by atoms with Gasteiger partial charge in [0.25, 0.3) is 5.91 Å². The van der Waals surface area contributed by atoms with E-state index in [1.54, 1.807) is 17.0 Å². The number of benzene rings is 1. The standard InChI is InChI=1S/C16H21N3O4S/c1-24(22,23)14-4-2-3-12(9-14)15(20)18-5-7-19(8-6-18)16(21)13-10-17-11-13/h2-4,9,13,17H,5-8,10-11H2,1H3. The number of nitrogens with one attached hydrogen (secondary N) is 1. The Balaban J connectivity index is 1.64. The minimum absolute atomic E-state index is 0.0682.